The molecule has 2 N–H and O–H groups in total. The highest BCUT2D eigenvalue weighted by Gasteiger charge is 2.25. The Morgan fingerprint density at radius 2 is 1.97 bits per heavy atom. The molecule has 30 heavy (non-hydrogen) atoms. The zero-order chi connectivity index (χ0) is 21.4. The summed E-state index contributed by atoms with van der Waals surface area (Å²) in [5.74, 6) is 2.03. The number of nitrogens with zero attached hydrogens (tertiary/aromatic N) is 2. The predicted molar refractivity (Wildman–Crippen MR) is 135 cm³/mol. The molecule has 170 valence electrons. The largest absolute Gasteiger partial charge is 0.497 e. The molecule has 0 unspecified atom stereocenters. The lowest BCUT2D eigenvalue weighted by atomic mass is 9.84. The van der Waals surface area contributed by atoms with Crippen molar-refractivity contribution in [3.05, 3.63) is 29.8 Å². The zero-order valence-electron chi connectivity index (χ0n) is 19.3. The maximum atomic E-state index is 12.2. The van der Waals surface area contributed by atoms with Gasteiger partial charge in [0.1, 0.15) is 5.75 Å². The molecular formula is C23H39IN4O2. The van der Waals surface area contributed by atoms with Crippen LogP contribution in [0.3, 0.4) is 0 Å². The molecular weight excluding hydrogens is 491 g/mol. The second-order valence-corrected chi connectivity index (χ2v) is 8.71. The number of methoxy groups -OCH3 is 1. The Morgan fingerprint density at radius 1 is 1.30 bits per heavy atom. The van der Waals surface area contributed by atoms with E-state index in [9.17, 15) is 4.79 Å². The monoisotopic (exact) mass is 530 g/mol. The van der Waals surface area contributed by atoms with Crippen LogP contribution in [0.15, 0.2) is 29.3 Å². The average molecular weight is 530 g/mol. The van der Waals surface area contributed by atoms with Crippen molar-refractivity contribution >= 4 is 35.8 Å². The van der Waals surface area contributed by atoms with Gasteiger partial charge in [0.05, 0.1) is 13.7 Å². The molecule has 1 aromatic carbocycles. The van der Waals surface area contributed by atoms with Crippen molar-refractivity contribution in [1.29, 1.82) is 0 Å². The number of hydrogen-bond acceptors (Lipinski definition) is 3. The summed E-state index contributed by atoms with van der Waals surface area (Å²) < 4.78 is 5.37. The Hall–Kier alpha value is -1.51. The number of carbonyl (C=O) groups excluding carboxylic acids is 1. The smallest absolute Gasteiger partial charge is 0.225 e. The van der Waals surface area contributed by atoms with Crippen LogP contribution in [0, 0.1) is 5.92 Å². The van der Waals surface area contributed by atoms with E-state index < -0.39 is 0 Å². The van der Waals surface area contributed by atoms with Crippen molar-refractivity contribution in [2.75, 3.05) is 33.3 Å². The van der Waals surface area contributed by atoms with E-state index in [1.165, 1.54) is 5.56 Å². The van der Waals surface area contributed by atoms with Crippen LogP contribution in [0.5, 0.6) is 5.75 Å². The summed E-state index contributed by atoms with van der Waals surface area (Å²) in [7, 11) is 1.69. The Labute approximate surface area is 199 Å². The molecule has 1 saturated heterocycles. The minimum absolute atomic E-state index is 0. The second kappa shape index (κ2) is 12.4. The molecule has 0 radical (unpaired) electrons. The Bertz CT molecular complexity index is 698. The van der Waals surface area contributed by atoms with Gasteiger partial charge in [-0.2, -0.15) is 0 Å². The molecule has 0 spiro atoms. The molecule has 0 bridgehead atoms. The molecule has 0 aromatic heterocycles. The van der Waals surface area contributed by atoms with E-state index in [2.05, 4.69) is 43.5 Å². The molecule has 1 aromatic rings. The lowest BCUT2D eigenvalue weighted by molar-refractivity contribution is -0.135. The second-order valence-electron chi connectivity index (χ2n) is 8.71. The van der Waals surface area contributed by atoms with Gasteiger partial charge >= 0.3 is 0 Å². The van der Waals surface area contributed by atoms with Crippen LogP contribution in [-0.4, -0.2) is 56.1 Å². The molecule has 7 heteroatoms. The Kier molecular flexibility index (Phi) is 10.9. The van der Waals surface area contributed by atoms with Crippen molar-refractivity contribution in [3.63, 3.8) is 0 Å². The summed E-state index contributed by atoms with van der Waals surface area (Å²) in [6.45, 7) is 13.5. The number of amides is 1. The number of nitrogens with one attached hydrogen (secondary N) is 2. The maximum absolute atomic E-state index is 12.2. The quantitative estimate of drug-likeness (QED) is 0.320. The Balaban J connectivity index is 0.00000450. The van der Waals surface area contributed by atoms with Crippen molar-refractivity contribution in [3.8, 4) is 5.75 Å². The number of carbonyl (C=O) groups is 1. The van der Waals surface area contributed by atoms with Crippen molar-refractivity contribution in [1.82, 2.24) is 15.5 Å². The van der Waals surface area contributed by atoms with Gasteiger partial charge in [-0.3, -0.25) is 9.79 Å². The summed E-state index contributed by atoms with van der Waals surface area (Å²) in [5.41, 5.74) is 1.10. The molecule has 0 saturated carbocycles. The van der Waals surface area contributed by atoms with Crippen LogP contribution in [0.2, 0.25) is 0 Å². The summed E-state index contributed by atoms with van der Waals surface area (Å²) in [4.78, 5) is 19.0. The number of aliphatic imine (C=N–C) groups is 1. The third-order valence-corrected chi connectivity index (χ3v) is 5.47. The van der Waals surface area contributed by atoms with E-state index in [0.29, 0.717) is 12.6 Å². The first kappa shape index (κ1) is 26.5. The first-order chi connectivity index (χ1) is 13.8. The van der Waals surface area contributed by atoms with Gasteiger partial charge in [0, 0.05) is 37.0 Å². The number of guanidine groups is 1. The summed E-state index contributed by atoms with van der Waals surface area (Å²) >= 11 is 0. The fraction of sp³-hybridized carbons (Fsp3) is 0.652. The molecule has 1 aliphatic rings. The first-order valence-corrected chi connectivity index (χ1v) is 10.7. The standard InChI is InChI=1S/C23H38N4O2.HI/c1-7-24-22(26-19-11-13-27(14-12-19)21(28)17(2)3)25-16-23(4,5)18-9-8-10-20(15-18)29-6;/h8-10,15,17,19H,7,11-14,16H2,1-6H3,(H2,24,25,26);1H. The summed E-state index contributed by atoms with van der Waals surface area (Å²) in [6, 6.07) is 8.53. The van der Waals surface area contributed by atoms with E-state index in [1.807, 2.05) is 30.9 Å². The SMILES string of the molecule is CCNC(=NCC(C)(C)c1cccc(OC)c1)NC1CCN(C(=O)C(C)C)CC1.I. The Morgan fingerprint density at radius 3 is 2.53 bits per heavy atom. The van der Waals surface area contributed by atoms with Crippen molar-refractivity contribution in [2.24, 2.45) is 10.9 Å². The van der Waals surface area contributed by atoms with E-state index in [4.69, 9.17) is 9.73 Å². The van der Waals surface area contributed by atoms with Crippen LogP contribution in [0.25, 0.3) is 0 Å². The molecule has 0 aliphatic carbocycles. The lowest BCUT2D eigenvalue weighted by Gasteiger charge is -2.34. The van der Waals surface area contributed by atoms with E-state index in [-0.39, 0.29) is 41.2 Å². The fourth-order valence-electron chi connectivity index (χ4n) is 3.53. The van der Waals surface area contributed by atoms with Gasteiger partial charge in [-0.05, 0) is 37.5 Å². The van der Waals surface area contributed by atoms with Gasteiger partial charge in [-0.15, -0.1) is 24.0 Å². The molecule has 1 aliphatic heterocycles. The topological polar surface area (TPSA) is 66.0 Å². The number of benzene rings is 1. The van der Waals surface area contributed by atoms with Crippen molar-refractivity contribution < 1.29 is 9.53 Å². The predicted octanol–water partition coefficient (Wildman–Crippen LogP) is 3.79. The lowest BCUT2D eigenvalue weighted by Crippen LogP contribution is -2.50. The highest BCUT2D eigenvalue weighted by Crippen LogP contribution is 2.26. The summed E-state index contributed by atoms with van der Waals surface area (Å²) in [6.07, 6.45) is 1.89. The van der Waals surface area contributed by atoms with Crippen LogP contribution in [-0.2, 0) is 10.2 Å². The van der Waals surface area contributed by atoms with Crippen LogP contribution >= 0.6 is 24.0 Å². The van der Waals surface area contributed by atoms with Gasteiger partial charge in [-0.1, -0.05) is 39.8 Å². The van der Waals surface area contributed by atoms with Crippen molar-refractivity contribution in [2.45, 2.75) is 58.9 Å². The highest BCUT2D eigenvalue weighted by molar-refractivity contribution is 14.0. The van der Waals surface area contributed by atoms with Gasteiger partial charge in [0.25, 0.3) is 0 Å². The van der Waals surface area contributed by atoms with E-state index in [0.717, 1.165) is 44.2 Å². The molecule has 6 nitrogen and oxygen atoms in total. The number of ether oxygens (including phenoxy) is 1. The maximum Gasteiger partial charge on any atom is 0.225 e. The van der Waals surface area contributed by atoms with Gasteiger partial charge in [0.15, 0.2) is 5.96 Å². The van der Waals surface area contributed by atoms with E-state index in [1.54, 1.807) is 7.11 Å². The zero-order valence-corrected chi connectivity index (χ0v) is 21.7. The number of halogens is 1. The minimum Gasteiger partial charge on any atom is -0.497 e. The minimum atomic E-state index is -0.107. The molecule has 1 heterocycles. The van der Waals surface area contributed by atoms with Crippen LogP contribution in [0.4, 0.5) is 0 Å². The van der Waals surface area contributed by atoms with E-state index >= 15 is 0 Å². The average Bonchev–Trinajstić information content (AvgIpc) is 2.72. The third kappa shape index (κ3) is 7.63. The third-order valence-electron chi connectivity index (χ3n) is 5.47. The fourth-order valence-corrected chi connectivity index (χ4v) is 3.53. The summed E-state index contributed by atoms with van der Waals surface area (Å²) in [5, 5.41) is 6.93. The van der Waals surface area contributed by atoms with Gasteiger partial charge < -0.3 is 20.3 Å². The number of rotatable bonds is 7. The highest BCUT2D eigenvalue weighted by atomic mass is 127. The molecule has 1 amide bonds. The van der Waals surface area contributed by atoms with Gasteiger partial charge in [0.2, 0.25) is 5.91 Å². The normalized spacial score (nSPS) is 15.6. The van der Waals surface area contributed by atoms with Crippen LogP contribution in [0.1, 0.15) is 53.0 Å². The van der Waals surface area contributed by atoms with Gasteiger partial charge in [-0.25, -0.2) is 0 Å². The number of piperidine rings is 1. The molecule has 1 fully saturated rings. The molecule has 0 atom stereocenters. The number of hydrogen-bond donors (Lipinski definition) is 2. The van der Waals surface area contributed by atoms with Crippen LogP contribution < -0.4 is 15.4 Å². The first-order valence-electron chi connectivity index (χ1n) is 10.7. The number of likely N-dealkylation sites (tertiary alicyclic amines) is 1. The molecule has 2 rings (SSSR count).